The highest BCUT2D eigenvalue weighted by atomic mass is 16.1. The van der Waals surface area contributed by atoms with Crippen LogP contribution in [0.5, 0.6) is 0 Å². The van der Waals surface area contributed by atoms with Gasteiger partial charge in [-0.05, 0) is 19.9 Å². The lowest BCUT2D eigenvalue weighted by atomic mass is 10.3. The van der Waals surface area contributed by atoms with Gasteiger partial charge in [0, 0.05) is 19.8 Å². The molecule has 74 valence electrons. The van der Waals surface area contributed by atoms with Crippen LogP contribution in [0, 0.1) is 13.8 Å². The number of fused-ring (bicyclic) bond motifs is 1. The van der Waals surface area contributed by atoms with Crippen LogP contribution in [0.2, 0.25) is 0 Å². The topological polar surface area (TPSA) is 39.8 Å². The van der Waals surface area contributed by atoms with Gasteiger partial charge in [-0.1, -0.05) is 0 Å². The fraction of sp³-hybridized carbons (Fsp3) is 0.400. The zero-order chi connectivity index (χ0) is 10.5. The number of nitrogens with zero attached hydrogens (tertiary/aromatic N) is 3. The molecule has 14 heavy (non-hydrogen) atoms. The Balaban J connectivity index is 3.07. The Morgan fingerprint density at radius 2 is 1.86 bits per heavy atom. The van der Waals surface area contributed by atoms with Crippen molar-refractivity contribution in [2.24, 2.45) is 14.1 Å². The van der Waals surface area contributed by atoms with Crippen molar-refractivity contribution in [3.05, 3.63) is 27.9 Å². The highest BCUT2D eigenvalue weighted by molar-refractivity contribution is 5.75. The molecule has 0 aliphatic carbocycles. The predicted molar refractivity (Wildman–Crippen MR) is 55.4 cm³/mol. The van der Waals surface area contributed by atoms with Gasteiger partial charge in [-0.15, -0.1) is 0 Å². The standard InChI is InChI=1S/C10H13N3O/c1-6-5-8-9(10(14)12(6)3)13(4)7(2)11-8/h5H,1-4H3. The van der Waals surface area contributed by atoms with Crippen LogP contribution in [-0.4, -0.2) is 14.1 Å². The molecule has 4 heteroatoms. The molecule has 4 nitrogen and oxygen atoms in total. The van der Waals surface area contributed by atoms with Gasteiger partial charge in [0.1, 0.15) is 11.3 Å². The summed E-state index contributed by atoms with van der Waals surface area (Å²) in [6, 6.07) is 1.93. The molecule has 2 aromatic heterocycles. The molecule has 0 amide bonds. The third-order valence-corrected chi connectivity index (χ3v) is 2.73. The summed E-state index contributed by atoms with van der Waals surface area (Å²) in [6.07, 6.45) is 0. The summed E-state index contributed by atoms with van der Waals surface area (Å²) in [6.45, 7) is 3.81. The van der Waals surface area contributed by atoms with Crippen LogP contribution in [0.4, 0.5) is 0 Å². The maximum atomic E-state index is 11.9. The van der Waals surface area contributed by atoms with E-state index in [1.807, 2.05) is 31.5 Å². The third kappa shape index (κ3) is 0.999. The lowest BCUT2D eigenvalue weighted by Crippen LogP contribution is -2.20. The predicted octanol–water partition coefficient (Wildman–Crippen LogP) is 0.889. The smallest absolute Gasteiger partial charge is 0.276 e. The largest absolute Gasteiger partial charge is 0.327 e. The summed E-state index contributed by atoms with van der Waals surface area (Å²) in [5.41, 5.74) is 2.41. The molecular formula is C10H13N3O. The second-order valence-corrected chi connectivity index (χ2v) is 3.60. The molecule has 0 fully saturated rings. The van der Waals surface area contributed by atoms with E-state index in [4.69, 9.17) is 0 Å². The van der Waals surface area contributed by atoms with Crippen molar-refractivity contribution in [3.63, 3.8) is 0 Å². The Morgan fingerprint density at radius 3 is 2.50 bits per heavy atom. The van der Waals surface area contributed by atoms with Crippen molar-refractivity contribution in [1.29, 1.82) is 0 Å². The Labute approximate surface area is 81.8 Å². The molecular weight excluding hydrogens is 178 g/mol. The average Bonchev–Trinajstić information content (AvgIpc) is 2.39. The van der Waals surface area contributed by atoms with Crippen LogP contribution in [0.3, 0.4) is 0 Å². The fourth-order valence-corrected chi connectivity index (χ4v) is 1.60. The lowest BCUT2D eigenvalue weighted by molar-refractivity contribution is 0.811. The number of pyridine rings is 1. The average molecular weight is 191 g/mol. The van der Waals surface area contributed by atoms with E-state index in [2.05, 4.69) is 4.98 Å². The van der Waals surface area contributed by atoms with Gasteiger partial charge in [0.15, 0.2) is 0 Å². The Bertz CT molecular complexity index is 563. The van der Waals surface area contributed by atoms with Crippen molar-refractivity contribution in [2.75, 3.05) is 0 Å². The van der Waals surface area contributed by atoms with E-state index in [0.717, 1.165) is 17.0 Å². The second-order valence-electron chi connectivity index (χ2n) is 3.60. The Hall–Kier alpha value is -1.58. The van der Waals surface area contributed by atoms with E-state index in [1.165, 1.54) is 0 Å². The number of rotatable bonds is 0. The van der Waals surface area contributed by atoms with Crippen molar-refractivity contribution >= 4 is 11.0 Å². The van der Waals surface area contributed by atoms with Gasteiger partial charge in [0.05, 0.1) is 5.52 Å². The minimum Gasteiger partial charge on any atom is -0.327 e. The van der Waals surface area contributed by atoms with E-state index in [9.17, 15) is 4.79 Å². The van der Waals surface area contributed by atoms with Crippen LogP contribution >= 0.6 is 0 Å². The van der Waals surface area contributed by atoms with Gasteiger partial charge in [-0.3, -0.25) is 4.79 Å². The van der Waals surface area contributed by atoms with Crippen molar-refractivity contribution in [3.8, 4) is 0 Å². The molecule has 0 aromatic carbocycles. The van der Waals surface area contributed by atoms with Crippen molar-refractivity contribution < 1.29 is 0 Å². The van der Waals surface area contributed by atoms with Crippen molar-refractivity contribution in [2.45, 2.75) is 13.8 Å². The van der Waals surface area contributed by atoms with E-state index in [-0.39, 0.29) is 5.56 Å². The number of hydrogen-bond donors (Lipinski definition) is 0. The molecule has 0 saturated heterocycles. The summed E-state index contributed by atoms with van der Waals surface area (Å²) in [5, 5.41) is 0. The van der Waals surface area contributed by atoms with Crippen LogP contribution in [0.15, 0.2) is 10.9 Å². The summed E-state index contributed by atoms with van der Waals surface area (Å²) in [7, 11) is 3.64. The molecule has 0 N–H and O–H groups in total. The maximum absolute atomic E-state index is 11.9. The van der Waals surface area contributed by atoms with Crippen molar-refractivity contribution in [1.82, 2.24) is 14.1 Å². The molecule has 0 unspecified atom stereocenters. The Morgan fingerprint density at radius 1 is 1.21 bits per heavy atom. The summed E-state index contributed by atoms with van der Waals surface area (Å²) in [5.74, 6) is 0.864. The second kappa shape index (κ2) is 2.70. The van der Waals surface area contributed by atoms with Gasteiger partial charge < -0.3 is 9.13 Å². The zero-order valence-electron chi connectivity index (χ0n) is 8.83. The quantitative estimate of drug-likeness (QED) is 0.620. The van der Waals surface area contributed by atoms with E-state index < -0.39 is 0 Å². The highest BCUT2D eigenvalue weighted by Gasteiger charge is 2.10. The van der Waals surface area contributed by atoms with Crippen LogP contribution < -0.4 is 5.56 Å². The summed E-state index contributed by atoms with van der Waals surface area (Å²) < 4.78 is 3.47. The van der Waals surface area contributed by atoms with Crippen LogP contribution in [0.25, 0.3) is 11.0 Å². The zero-order valence-corrected chi connectivity index (χ0v) is 8.83. The first-order valence-electron chi connectivity index (χ1n) is 4.52. The first kappa shape index (κ1) is 8.99. The minimum absolute atomic E-state index is 0.0168. The first-order chi connectivity index (χ1) is 6.52. The molecule has 0 aliphatic rings. The SMILES string of the molecule is Cc1cc2nc(C)n(C)c2c(=O)n1C. The fourth-order valence-electron chi connectivity index (χ4n) is 1.60. The molecule has 0 saturated carbocycles. The lowest BCUT2D eigenvalue weighted by Gasteiger charge is -2.03. The molecule has 0 bridgehead atoms. The molecule has 0 radical (unpaired) electrons. The minimum atomic E-state index is 0.0168. The van der Waals surface area contributed by atoms with Gasteiger partial charge in [0.25, 0.3) is 5.56 Å². The third-order valence-electron chi connectivity index (χ3n) is 2.73. The number of aromatic nitrogens is 3. The molecule has 0 aliphatic heterocycles. The summed E-state index contributed by atoms with van der Waals surface area (Å²) >= 11 is 0. The number of hydrogen-bond acceptors (Lipinski definition) is 2. The van der Waals surface area contributed by atoms with E-state index in [1.54, 1.807) is 11.6 Å². The summed E-state index contributed by atoms with van der Waals surface area (Å²) in [4.78, 5) is 16.2. The number of aryl methyl sites for hydroxylation is 3. The van der Waals surface area contributed by atoms with Gasteiger partial charge in [-0.2, -0.15) is 0 Å². The van der Waals surface area contributed by atoms with Crippen LogP contribution in [0.1, 0.15) is 11.5 Å². The molecule has 2 rings (SSSR count). The molecule has 2 heterocycles. The highest BCUT2D eigenvalue weighted by Crippen LogP contribution is 2.11. The molecule has 0 atom stereocenters. The van der Waals surface area contributed by atoms with Gasteiger partial charge in [0.2, 0.25) is 0 Å². The first-order valence-corrected chi connectivity index (χ1v) is 4.52. The monoisotopic (exact) mass is 191 g/mol. The van der Waals surface area contributed by atoms with E-state index in [0.29, 0.717) is 5.52 Å². The maximum Gasteiger partial charge on any atom is 0.276 e. The molecule has 2 aromatic rings. The number of imidazole rings is 1. The van der Waals surface area contributed by atoms with E-state index >= 15 is 0 Å². The molecule has 0 spiro atoms. The normalized spacial score (nSPS) is 11.1. The Kier molecular flexibility index (Phi) is 1.74. The van der Waals surface area contributed by atoms with Crippen LogP contribution in [-0.2, 0) is 14.1 Å². The van der Waals surface area contributed by atoms with Gasteiger partial charge >= 0.3 is 0 Å². The van der Waals surface area contributed by atoms with Gasteiger partial charge in [-0.25, -0.2) is 4.98 Å².